The Kier molecular flexibility index (Phi) is 5.51. The average molecular weight is 386 g/mol. The zero-order chi connectivity index (χ0) is 18.5. The predicted octanol–water partition coefficient (Wildman–Crippen LogP) is 4.24. The number of hydrazone groups is 1. The summed E-state index contributed by atoms with van der Waals surface area (Å²) in [4.78, 5) is 23.7. The third-order valence-corrected chi connectivity index (χ3v) is 4.32. The first kappa shape index (κ1) is 17.9. The predicted molar refractivity (Wildman–Crippen MR) is 105 cm³/mol. The minimum absolute atomic E-state index is 0.277. The molecule has 0 heterocycles. The lowest BCUT2D eigenvalue weighted by atomic mass is 10.1. The van der Waals surface area contributed by atoms with Crippen LogP contribution in [0.3, 0.4) is 0 Å². The number of carbonyl (C=O) groups is 2. The van der Waals surface area contributed by atoms with Gasteiger partial charge < -0.3 is 5.32 Å². The van der Waals surface area contributed by atoms with Crippen molar-refractivity contribution in [3.05, 3.63) is 76.3 Å². The number of nitrogens with one attached hydrogen (secondary N) is 2. The van der Waals surface area contributed by atoms with Crippen LogP contribution in [0.4, 0.5) is 5.69 Å². The molecule has 26 heavy (non-hydrogen) atoms. The molecule has 0 aromatic heterocycles. The molecule has 0 atom stereocenters. The first-order valence-electron chi connectivity index (χ1n) is 7.62. The van der Waals surface area contributed by atoms with Crippen molar-refractivity contribution in [1.82, 2.24) is 5.43 Å². The molecule has 0 spiro atoms. The number of hydrogen-bond acceptors (Lipinski definition) is 3. The molecule has 7 heteroatoms. The Labute approximate surface area is 159 Å². The van der Waals surface area contributed by atoms with E-state index in [1.165, 1.54) is 18.3 Å². The van der Waals surface area contributed by atoms with Crippen LogP contribution in [-0.2, 0) is 9.59 Å². The van der Waals surface area contributed by atoms with Gasteiger partial charge in [-0.1, -0.05) is 65.7 Å². The summed E-state index contributed by atoms with van der Waals surface area (Å²) >= 11 is 11.7. The fourth-order valence-electron chi connectivity index (χ4n) is 2.34. The summed E-state index contributed by atoms with van der Waals surface area (Å²) in [5.74, 6) is -1.76. The van der Waals surface area contributed by atoms with Gasteiger partial charge in [-0.25, -0.2) is 5.43 Å². The zero-order valence-electron chi connectivity index (χ0n) is 13.4. The quantitative estimate of drug-likeness (QED) is 0.402. The Morgan fingerprint density at radius 1 is 0.885 bits per heavy atom. The summed E-state index contributed by atoms with van der Waals surface area (Å²) in [6.45, 7) is 0. The second-order valence-electron chi connectivity index (χ2n) is 5.35. The Morgan fingerprint density at radius 2 is 1.65 bits per heavy atom. The van der Waals surface area contributed by atoms with Crippen LogP contribution in [0.15, 0.2) is 65.8 Å². The highest BCUT2D eigenvalue weighted by Crippen LogP contribution is 2.24. The van der Waals surface area contributed by atoms with Crippen LogP contribution < -0.4 is 10.7 Å². The van der Waals surface area contributed by atoms with Crippen molar-refractivity contribution in [3.63, 3.8) is 0 Å². The largest absolute Gasteiger partial charge is 0.329 e. The molecule has 0 radical (unpaired) electrons. The molecule has 2 N–H and O–H groups in total. The van der Waals surface area contributed by atoms with Gasteiger partial charge in [-0.3, -0.25) is 9.59 Å². The van der Waals surface area contributed by atoms with E-state index in [1.807, 2.05) is 42.5 Å². The Morgan fingerprint density at radius 3 is 2.46 bits per heavy atom. The number of amides is 2. The van der Waals surface area contributed by atoms with E-state index in [-0.39, 0.29) is 5.02 Å². The molecule has 0 aliphatic heterocycles. The van der Waals surface area contributed by atoms with E-state index in [4.69, 9.17) is 23.2 Å². The van der Waals surface area contributed by atoms with Crippen LogP contribution in [0.25, 0.3) is 10.8 Å². The minimum Gasteiger partial charge on any atom is -0.318 e. The summed E-state index contributed by atoms with van der Waals surface area (Å²) in [7, 11) is 0. The van der Waals surface area contributed by atoms with E-state index in [2.05, 4.69) is 15.8 Å². The normalized spacial score (nSPS) is 10.8. The molecule has 0 aliphatic carbocycles. The Balaban J connectivity index is 1.65. The molecule has 0 fully saturated rings. The molecular weight excluding hydrogens is 373 g/mol. The number of benzene rings is 3. The average Bonchev–Trinajstić information content (AvgIpc) is 2.65. The molecule has 5 nitrogen and oxygen atoms in total. The number of anilines is 1. The number of halogens is 2. The van der Waals surface area contributed by atoms with Crippen molar-refractivity contribution >= 4 is 57.7 Å². The van der Waals surface area contributed by atoms with E-state index in [1.54, 1.807) is 6.07 Å². The maximum atomic E-state index is 11.9. The molecule has 0 bridgehead atoms. The van der Waals surface area contributed by atoms with Crippen LogP contribution in [0, 0.1) is 0 Å². The fraction of sp³-hybridized carbons (Fsp3) is 0. The Bertz CT molecular complexity index is 1010. The highest BCUT2D eigenvalue weighted by atomic mass is 35.5. The monoisotopic (exact) mass is 385 g/mol. The zero-order valence-corrected chi connectivity index (χ0v) is 14.9. The van der Waals surface area contributed by atoms with Crippen LogP contribution in [0.2, 0.25) is 10.0 Å². The van der Waals surface area contributed by atoms with Crippen molar-refractivity contribution in [2.24, 2.45) is 5.10 Å². The molecule has 3 aromatic rings. The van der Waals surface area contributed by atoms with Crippen molar-refractivity contribution in [2.75, 3.05) is 5.32 Å². The van der Waals surface area contributed by atoms with Crippen LogP contribution >= 0.6 is 23.2 Å². The second-order valence-corrected chi connectivity index (χ2v) is 6.16. The van der Waals surface area contributed by atoms with E-state index in [0.717, 1.165) is 16.3 Å². The molecule has 0 saturated carbocycles. The lowest BCUT2D eigenvalue weighted by molar-refractivity contribution is -0.136. The van der Waals surface area contributed by atoms with Gasteiger partial charge in [-0.05, 0) is 29.0 Å². The second kappa shape index (κ2) is 7.99. The fourth-order valence-corrected chi connectivity index (χ4v) is 2.63. The summed E-state index contributed by atoms with van der Waals surface area (Å²) in [5, 5.41) is 8.96. The van der Waals surface area contributed by atoms with E-state index in [0.29, 0.717) is 10.7 Å². The first-order valence-corrected chi connectivity index (χ1v) is 8.37. The first-order chi connectivity index (χ1) is 12.5. The highest BCUT2D eigenvalue weighted by Gasteiger charge is 2.13. The van der Waals surface area contributed by atoms with Gasteiger partial charge in [-0.15, -0.1) is 0 Å². The lowest BCUT2D eigenvalue weighted by Crippen LogP contribution is -2.32. The highest BCUT2D eigenvalue weighted by molar-refractivity contribution is 6.43. The molecule has 3 aromatic carbocycles. The molecule has 2 amide bonds. The summed E-state index contributed by atoms with van der Waals surface area (Å²) in [6, 6.07) is 18.1. The molecular formula is C19H13Cl2N3O2. The molecule has 3 rings (SSSR count). The summed E-state index contributed by atoms with van der Waals surface area (Å²) in [5.41, 5.74) is 3.39. The van der Waals surface area contributed by atoms with E-state index in [9.17, 15) is 9.59 Å². The van der Waals surface area contributed by atoms with Gasteiger partial charge in [0, 0.05) is 11.3 Å². The van der Waals surface area contributed by atoms with Gasteiger partial charge in [0.15, 0.2) is 0 Å². The van der Waals surface area contributed by atoms with Crippen molar-refractivity contribution in [1.29, 1.82) is 0 Å². The molecule has 0 aliphatic rings. The van der Waals surface area contributed by atoms with Gasteiger partial charge in [0.05, 0.1) is 16.3 Å². The van der Waals surface area contributed by atoms with Crippen LogP contribution in [0.1, 0.15) is 5.56 Å². The number of rotatable bonds is 3. The smallest absolute Gasteiger partial charge is 0.318 e. The van der Waals surface area contributed by atoms with Gasteiger partial charge in [0.2, 0.25) is 0 Å². The SMILES string of the molecule is O=C(N/N=C/c1cccc2ccccc12)C(=O)Nc1ccc(Cl)c(Cl)c1. The van der Waals surface area contributed by atoms with Crippen molar-refractivity contribution < 1.29 is 9.59 Å². The number of carbonyl (C=O) groups excluding carboxylic acids is 2. The molecule has 130 valence electrons. The summed E-state index contributed by atoms with van der Waals surface area (Å²) < 4.78 is 0. The van der Waals surface area contributed by atoms with E-state index >= 15 is 0 Å². The third kappa shape index (κ3) is 4.20. The topological polar surface area (TPSA) is 70.6 Å². The number of nitrogens with zero attached hydrogens (tertiary/aromatic N) is 1. The summed E-state index contributed by atoms with van der Waals surface area (Å²) in [6.07, 6.45) is 1.49. The van der Waals surface area contributed by atoms with Crippen molar-refractivity contribution in [3.8, 4) is 0 Å². The lowest BCUT2D eigenvalue weighted by Gasteiger charge is -2.05. The maximum Gasteiger partial charge on any atom is 0.329 e. The van der Waals surface area contributed by atoms with Gasteiger partial charge >= 0.3 is 11.8 Å². The molecule has 0 unspecified atom stereocenters. The van der Waals surface area contributed by atoms with Gasteiger partial charge in [0.25, 0.3) is 0 Å². The van der Waals surface area contributed by atoms with Gasteiger partial charge in [0.1, 0.15) is 0 Å². The number of hydrogen-bond donors (Lipinski definition) is 2. The van der Waals surface area contributed by atoms with E-state index < -0.39 is 11.8 Å². The maximum absolute atomic E-state index is 11.9. The number of fused-ring (bicyclic) bond motifs is 1. The molecule has 0 saturated heterocycles. The van der Waals surface area contributed by atoms with Crippen LogP contribution in [-0.4, -0.2) is 18.0 Å². The van der Waals surface area contributed by atoms with Gasteiger partial charge in [-0.2, -0.15) is 5.10 Å². The van der Waals surface area contributed by atoms with Crippen molar-refractivity contribution in [2.45, 2.75) is 0 Å². The standard InChI is InChI=1S/C19H13Cl2N3O2/c20-16-9-8-14(10-17(16)21)23-18(25)19(26)24-22-11-13-6-3-5-12-4-1-2-7-15(12)13/h1-11H,(H,23,25)(H,24,26)/b22-11+. The Hall–Kier alpha value is -2.89. The van der Waals surface area contributed by atoms with Crippen LogP contribution in [0.5, 0.6) is 0 Å². The third-order valence-electron chi connectivity index (χ3n) is 3.58. The minimum atomic E-state index is -0.896.